The van der Waals surface area contributed by atoms with Crippen molar-refractivity contribution in [2.45, 2.75) is 58.4 Å². The summed E-state index contributed by atoms with van der Waals surface area (Å²) in [5.74, 6) is 0.321. The van der Waals surface area contributed by atoms with Crippen molar-refractivity contribution in [3.8, 4) is 0 Å². The highest BCUT2D eigenvalue weighted by molar-refractivity contribution is 5.78. The molecule has 0 aromatic carbocycles. The Balaban J connectivity index is 1.77. The normalized spacial score (nSPS) is 24.9. The van der Waals surface area contributed by atoms with Crippen LogP contribution in [0.4, 0.5) is 0 Å². The first kappa shape index (κ1) is 15.8. The first-order valence-corrected chi connectivity index (χ1v) is 8.34. The second-order valence-electron chi connectivity index (χ2n) is 6.70. The van der Waals surface area contributed by atoms with Gasteiger partial charge >= 0.3 is 0 Å². The van der Waals surface area contributed by atoms with E-state index < -0.39 is 0 Å². The minimum absolute atomic E-state index is 0.321. The molecule has 1 amide bonds. The highest BCUT2D eigenvalue weighted by Gasteiger charge is 2.33. The summed E-state index contributed by atoms with van der Waals surface area (Å²) in [6.45, 7) is 9.04. The molecule has 0 aromatic heterocycles. The van der Waals surface area contributed by atoms with Crippen LogP contribution in [0.25, 0.3) is 0 Å². The SMILES string of the molecule is CCC1(CC)CCN(C(=O)CN2CCC(N)CC2)CC1. The molecule has 2 aliphatic rings. The van der Waals surface area contributed by atoms with E-state index in [1.165, 1.54) is 25.7 Å². The molecule has 2 heterocycles. The molecule has 0 aliphatic carbocycles. The quantitative estimate of drug-likeness (QED) is 0.855. The molecule has 0 aromatic rings. The predicted molar refractivity (Wildman–Crippen MR) is 82.5 cm³/mol. The second kappa shape index (κ2) is 6.90. The number of rotatable bonds is 4. The van der Waals surface area contributed by atoms with Gasteiger partial charge in [-0.3, -0.25) is 9.69 Å². The molecular weight excluding hydrogens is 250 g/mol. The first-order chi connectivity index (χ1) is 9.58. The molecule has 0 spiro atoms. The highest BCUT2D eigenvalue weighted by atomic mass is 16.2. The van der Waals surface area contributed by atoms with Crippen molar-refractivity contribution in [1.82, 2.24) is 9.80 Å². The van der Waals surface area contributed by atoms with Gasteiger partial charge in [0.2, 0.25) is 5.91 Å². The van der Waals surface area contributed by atoms with E-state index in [9.17, 15) is 4.79 Å². The Labute approximate surface area is 123 Å². The molecule has 4 nitrogen and oxygen atoms in total. The van der Waals surface area contributed by atoms with E-state index in [0.717, 1.165) is 39.0 Å². The molecular formula is C16H31N3O. The number of amides is 1. The van der Waals surface area contributed by atoms with Crippen molar-refractivity contribution in [3.63, 3.8) is 0 Å². The van der Waals surface area contributed by atoms with Gasteiger partial charge in [-0.25, -0.2) is 0 Å². The molecule has 2 rings (SSSR count). The summed E-state index contributed by atoms with van der Waals surface area (Å²) in [7, 11) is 0. The number of likely N-dealkylation sites (tertiary alicyclic amines) is 2. The third-order valence-electron chi connectivity index (χ3n) is 5.67. The van der Waals surface area contributed by atoms with Crippen LogP contribution in [0.3, 0.4) is 0 Å². The maximum absolute atomic E-state index is 12.4. The van der Waals surface area contributed by atoms with E-state index in [-0.39, 0.29) is 0 Å². The van der Waals surface area contributed by atoms with Gasteiger partial charge in [-0.05, 0) is 31.1 Å². The summed E-state index contributed by atoms with van der Waals surface area (Å²) < 4.78 is 0. The number of carbonyl (C=O) groups excluding carboxylic acids is 1. The topological polar surface area (TPSA) is 49.6 Å². The highest BCUT2D eigenvalue weighted by Crippen LogP contribution is 2.37. The smallest absolute Gasteiger partial charge is 0.236 e. The van der Waals surface area contributed by atoms with Gasteiger partial charge in [0.25, 0.3) is 0 Å². The summed E-state index contributed by atoms with van der Waals surface area (Å²) in [6, 6.07) is 0.339. The molecule has 4 heteroatoms. The van der Waals surface area contributed by atoms with Gasteiger partial charge in [-0.1, -0.05) is 26.7 Å². The fraction of sp³-hybridized carbons (Fsp3) is 0.938. The second-order valence-corrected chi connectivity index (χ2v) is 6.70. The van der Waals surface area contributed by atoms with Crippen LogP contribution in [0.1, 0.15) is 52.4 Å². The number of nitrogens with zero attached hydrogens (tertiary/aromatic N) is 2. The Morgan fingerprint density at radius 3 is 2.15 bits per heavy atom. The van der Waals surface area contributed by atoms with E-state index >= 15 is 0 Å². The molecule has 2 N–H and O–H groups in total. The third kappa shape index (κ3) is 3.73. The van der Waals surface area contributed by atoms with E-state index in [2.05, 4.69) is 23.6 Å². The Hall–Kier alpha value is -0.610. The fourth-order valence-corrected chi connectivity index (χ4v) is 3.59. The molecule has 0 radical (unpaired) electrons. The van der Waals surface area contributed by atoms with Crippen LogP contribution in [-0.4, -0.2) is 54.5 Å². The van der Waals surface area contributed by atoms with E-state index in [1.807, 2.05) is 0 Å². The maximum atomic E-state index is 12.4. The van der Waals surface area contributed by atoms with Crippen LogP contribution in [0.15, 0.2) is 0 Å². The average molecular weight is 281 g/mol. The monoisotopic (exact) mass is 281 g/mol. The minimum Gasteiger partial charge on any atom is -0.342 e. The lowest BCUT2D eigenvalue weighted by Gasteiger charge is -2.41. The van der Waals surface area contributed by atoms with Crippen LogP contribution in [0.5, 0.6) is 0 Å². The maximum Gasteiger partial charge on any atom is 0.236 e. The molecule has 20 heavy (non-hydrogen) atoms. The fourth-order valence-electron chi connectivity index (χ4n) is 3.59. The Kier molecular flexibility index (Phi) is 5.44. The predicted octanol–water partition coefficient (Wildman–Crippen LogP) is 1.84. The molecule has 2 aliphatic heterocycles. The zero-order valence-electron chi connectivity index (χ0n) is 13.2. The summed E-state index contributed by atoms with van der Waals surface area (Å²) in [5, 5.41) is 0. The Morgan fingerprint density at radius 2 is 1.65 bits per heavy atom. The largest absolute Gasteiger partial charge is 0.342 e. The van der Waals surface area contributed by atoms with Crippen molar-refractivity contribution in [3.05, 3.63) is 0 Å². The van der Waals surface area contributed by atoms with Crippen LogP contribution < -0.4 is 5.73 Å². The van der Waals surface area contributed by atoms with Gasteiger partial charge in [0, 0.05) is 32.2 Å². The van der Waals surface area contributed by atoms with Gasteiger partial charge in [0.1, 0.15) is 0 Å². The van der Waals surface area contributed by atoms with Crippen molar-refractivity contribution in [1.29, 1.82) is 0 Å². The standard InChI is InChI=1S/C16H31N3O/c1-3-16(4-2)7-11-19(12-8-16)15(20)13-18-9-5-14(17)6-10-18/h14H,3-13,17H2,1-2H3. The summed E-state index contributed by atoms with van der Waals surface area (Å²) in [5.41, 5.74) is 6.40. The summed E-state index contributed by atoms with van der Waals surface area (Å²) >= 11 is 0. The lowest BCUT2D eigenvalue weighted by molar-refractivity contribution is -0.135. The first-order valence-electron chi connectivity index (χ1n) is 8.34. The number of carbonyl (C=O) groups is 1. The van der Waals surface area contributed by atoms with Gasteiger partial charge in [-0.2, -0.15) is 0 Å². The lowest BCUT2D eigenvalue weighted by Crippen LogP contribution is -2.49. The van der Waals surface area contributed by atoms with Crippen LogP contribution in [0.2, 0.25) is 0 Å². The van der Waals surface area contributed by atoms with Gasteiger partial charge in [0.05, 0.1) is 6.54 Å². The Bertz CT molecular complexity index is 310. The molecule has 0 saturated carbocycles. The molecule has 2 saturated heterocycles. The molecule has 0 unspecified atom stereocenters. The molecule has 116 valence electrons. The van der Waals surface area contributed by atoms with Crippen LogP contribution in [-0.2, 0) is 4.79 Å². The van der Waals surface area contributed by atoms with Gasteiger partial charge in [-0.15, -0.1) is 0 Å². The summed E-state index contributed by atoms with van der Waals surface area (Å²) in [4.78, 5) is 16.7. The zero-order valence-corrected chi connectivity index (χ0v) is 13.2. The minimum atomic E-state index is 0.321. The summed E-state index contributed by atoms with van der Waals surface area (Å²) in [6.07, 6.45) is 6.91. The number of piperidine rings is 2. The Morgan fingerprint density at radius 1 is 1.10 bits per heavy atom. The number of hydrogen-bond donors (Lipinski definition) is 1. The molecule has 0 atom stereocenters. The van der Waals surface area contributed by atoms with E-state index in [4.69, 9.17) is 5.73 Å². The van der Waals surface area contributed by atoms with Crippen molar-refractivity contribution in [2.24, 2.45) is 11.1 Å². The molecule has 0 bridgehead atoms. The van der Waals surface area contributed by atoms with Crippen LogP contribution >= 0.6 is 0 Å². The van der Waals surface area contributed by atoms with E-state index in [1.54, 1.807) is 0 Å². The van der Waals surface area contributed by atoms with Crippen molar-refractivity contribution >= 4 is 5.91 Å². The van der Waals surface area contributed by atoms with Crippen molar-refractivity contribution in [2.75, 3.05) is 32.7 Å². The van der Waals surface area contributed by atoms with E-state index in [0.29, 0.717) is 23.9 Å². The molecule has 2 fully saturated rings. The van der Waals surface area contributed by atoms with Gasteiger partial charge < -0.3 is 10.6 Å². The number of nitrogens with two attached hydrogens (primary N) is 1. The third-order valence-corrected chi connectivity index (χ3v) is 5.67. The average Bonchev–Trinajstić information content (AvgIpc) is 2.49. The lowest BCUT2D eigenvalue weighted by atomic mass is 9.74. The van der Waals surface area contributed by atoms with Gasteiger partial charge in [0.15, 0.2) is 0 Å². The zero-order chi connectivity index (χ0) is 14.6. The van der Waals surface area contributed by atoms with Crippen LogP contribution in [0, 0.1) is 5.41 Å². The van der Waals surface area contributed by atoms with Crippen molar-refractivity contribution < 1.29 is 4.79 Å². The number of hydrogen-bond acceptors (Lipinski definition) is 3.